The number of hydrogen-bond acceptors (Lipinski definition) is 5. The van der Waals surface area contributed by atoms with Crippen LogP contribution in [-0.2, 0) is 0 Å². The van der Waals surface area contributed by atoms with Gasteiger partial charge in [0.05, 0.1) is 6.04 Å². The van der Waals surface area contributed by atoms with Gasteiger partial charge < -0.3 is 10.6 Å². The second kappa shape index (κ2) is 7.06. The molecule has 1 fully saturated rings. The highest BCUT2D eigenvalue weighted by molar-refractivity contribution is 7.09. The number of hydrogen-bond donors (Lipinski definition) is 2. The highest BCUT2D eigenvalue weighted by Gasteiger charge is 2.12. The molecule has 0 aliphatic carbocycles. The lowest BCUT2D eigenvalue weighted by atomic mass is 10.2. The van der Waals surface area contributed by atoms with E-state index in [1.807, 2.05) is 6.20 Å². The fourth-order valence-electron chi connectivity index (χ4n) is 2.14. The summed E-state index contributed by atoms with van der Waals surface area (Å²) in [6, 6.07) is 0.429. The predicted octanol–water partition coefficient (Wildman–Crippen LogP) is 1.09. The van der Waals surface area contributed by atoms with Gasteiger partial charge in [0.2, 0.25) is 0 Å². The van der Waals surface area contributed by atoms with Crippen molar-refractivity contribution in [1.82, 2.24) is 20.5 Å². The van der Waals surface area contributed by atoms with Gasteiger partial charge in [0.1, 0.15) is 5.01 Å². The lowest BCUT2D eigenvalue weighted by Gasteiger charge is -2.27. The number of piperazine rings is 1. The Hall–Kier alpha value is -0.490. The van der Waals surface area contributed by atoms with Crippen molar-refractivity contribution in [3.05, 3.63) is 16.6 Å². The first-order valence-electron chi connectivity index (χ1n) is 6.46. The molecule has 2 heterocycles. The molecule has 1 aromatic rings. The van der Waals surface area contributed by atoms with Gasteiger partial charge in [-0.15, -0.1) is 11.3 Å². The number of rotatable bonds is 6. The fraction of sp³-hybridized carbons (Fsp3) is 0.750. The summed E-state index contributed by atoms with van der Waals surface area (Å²) in [5.74, 6) is 0. The summed E-state index contributed by atoms with van der Waals surface area (Å²) in [7, 11) is 0. The average Bonchev–Trinajstić information content (AvgIpc) is 2.90. The molecular formula is C12H22N4S. The minimum absolute atomic E-state index is 0.429. The number of nitrogens with one attached hydrogen (secondary N) is 2. The van der Waals surface area contributed by atoms with Crippen LogP contribution in [-0.4, -0.2) is 49.2 Å². The highest BCUT2D eigenvalue weighted by atomic mass is 32.1. The first-order valence-corrected chi connectivity index (χ1v) is 7.34. The summed E-state index contributed by atoms with van der Waals surface area (Å²) < 4.78 is 0. The average molecular weight is 254 g/mol. The first-order chi connectivity index (χ1) is 8.40. The van der Waals surface area contributed by atoms with Crippen LogP contribution in [0.3, 0.4) is 0 Å². The summed E-state index contributed by atoms with van der Waals surface area (Å²) in [6.45, 7) is 9.02. The lowest BCUT2D eigenvalue weighted by Crippen LogP contribution is -2.46. The Balaban J connectivity index is 1.69. The van der Waals surface area contributed by atoms with Gasteiger partial charge >= 0.3 is 0 Å². The Morgan fingerprint density at radius 1 is 1.53 bits per heavy atom. The van der Waals surface area contributed by atoms with Crippen LogP contribution in [0.2, 0.25) is 0 Å². The van der Waals surface area contributed by atoms with E-state index in [2.05, 4.69) is 32.8 Å². The molecule has 1 aromatic heterocycles. The van der Waals surface area contributed by atoms with E-state index >= 15 is 0 Å². The molecule has 0 amide bonds. The monoisotopic (exact) mass is 254 g/mol. The number of thiazole rings is 1. The van der Waals surface area contributed by atoms with E-state index < -0.39 is 0 Å². The molecule has 2 N–H and O–H groups in total. The zero-order valence-electron chi connectivity index (χ0n) is 10.5. The van der Waals surface area contributed by atoms with Crippen molar-refractivity contribution < 1.29 is 0 Å². The molecule has 1 saturated heterocycles. The Labute approximate surface area is 107 Å². The Bertz CT molecular complexity index is 295. The highest BCUT2D eigenvalue weighted by Crippen LogP contribution is 2.18. The Morgan fingerprint density at radius 3 is 3.00 bits per heavy atom. The van der Waals surface area contributed by atoms with Gasteiger partial charge in [-0.3, -0.25) is 4.90 Å². The van der Waals surface area contributed by atoms with Crippen LogP contribution in [0.1, 0.15) is 24.4 Å². The second-order valence-corrected chi connectivity index (χ2v) is 5.30. The first kappa shape index (κ1) is 13.0. The zero-order valence-corrected chi connectivity index (χ0v) is 11.3. The normalized spacial score (nSPS) is 19.4. The molecular weight excluding hydrogens is 232 g/mol. The summed E-state index contributed by atoms with van der Waals surface area (Å²) in [5.41, 5.74) is 0. The van der Waals surface area contributed by atoms with Gasteiger partial charge in [0.25, 0.3) is 0 Å². The van der Waals surface area contributed by atoms with Crippen LogP contribution in [0, 0.1) is 0 Å². The van der Waals surface area contributed by atoms with E-state index in [0.717, 1.165) is 32.6 Å². The summed E-state index contributed by atoms with van der Waals surface area (Å²) in [6.07, 6.45) is 3.00. The van der Waals surface area contributed by atoms with Crippen molar-refractivity contribution in [3.8, 4) is 0 Å². The smallest absolute Gasteiger partial charge is 0.109 e. The van der Waals surface area contributed by atoms with Gasteiger partial charge in [0.15, 0.2) is 0 Å². The minimum Gasteiger partial charge on any atom is -0.314 e. The molecule has 1 atom stereocenters. The molecule has 0 saturated carbocycles. The third-order valence-electron chi connectivity index (χ3n) is 3.19. The number of nitrogens with zero attached hydrogens (tertiary/aromatic N) is 2. The van der Waals surface area contributed by atoms with Crippen molar-refractivity contribution in [2.45, 2.75) is 19.4 Å². The maximum atomic E-state index is 4.39. The third-order valence-corrected chi connectivity index (χ3v) is 4.08. The lowest BCUT2D eigenvalue weighted by molar-refractivity contribution is 0.237. The second-order valence-electron chi connectivity index (χ2n) is 4.38. The maximum absolute atomic E-state index is 4.39. The molecule has 4 nitrogen and oxygen atoms in total. The van der Waals surface area contributed by atoms with E-state index in [4.69, 9.17) is 0 Å². The molecule has 5 heteroatoms. The van der Waals surface area contributed by atoms with Crippen molar-refractivity contribution in [3.63, 3.8) is 0 Å². The third kappa shape index (κ3) is 4.03. The van der Waals surface area contributed by atoms with Crippen LogP contribution in [0.4, 0.5) is 0 Å². The standard InChI is InChI=1S/C12H22N4S/c1-2-11(12-15-6-10-17-12)14-5-9-16-7-3-13-4-8-16/h6,10-11,13-14H,2-5,7-9H2,1H3. The minimum atomic E-state index is 0.429. The van der Waals surface area contributed by atoms with Crippen molar-refractivity contribution in [2.75, 3.05) is 39.3 Å². The summed E-state index contributed by atoms with van der Waals surface area (Å²) in [4.78, 5) is 6.90. The van der Waals surface area contributed by atoms with Crippen molar-refractivity contribution in [2.24, 2.45) is 0 Å². The van der Waals surface area contributed by atoms with E-state index in [1.165, 1.54) is 18.1 Å². The van der Waals surface area contributed by atoms with Gasteiger partial charge in [-0.1, -0.05) is 6.92 Å². The molecule has 1 aliphatic heterocycles. The molecule has 0 spiro atoms. The van der Waals surface area contributed by atoms with Gasteiger partial charge in [-0.25, -0.2) is 4.98 Å². The van der Waals surface area contributed by atoms with Gasteiger partial charge in [-0.2, -0.15) is 0 Å². The topological polar surface area (TPSA) is 40.2 Å². The quantitative estimate of drug-likeness (QED) is 0.797. The Kier molecular flexibility index (Phi) is 5.38. The van der Waals surface area contributed by atoms with Crippen LogP contribution in [0.25, 0.3) is 0 Å². The van der Waals surface area contributed by atoms with E-state index in [-0.39, 0.29) is 0 Å². The number of aromatic nitrogens is 1. The predicted molar refractivity (Wildman–Crippen MR) is 72.5 cm³/mol. The fourth-order valence-corrected chi connectivity index (χ4v) is 2.94. The molecule has 96 valence electrons. The molecule has 1 aliphatic rings. The SMILES string of the molecule is CCC(NCCN1CCNCC1)c1nccs1. The van der Waals surface area contributed by atoms with Crippen LogP contribution in [0.5, 0.6) is 0 Å². The van der Waals surface area contributed by atoms with Crippen LogP contribution in [0.15, 0.2) is 11.6 Å². The molecule has 1 unspecified atom stereocenters. The largest absolute Gasteiger partial charge is 0.314 e. The van der Waals surface area contributed by atoms with E-state index in [9.17, 15) is 0 Å². The summed E-state index contributed by atoms with van der Waals surface area (Å²) in [5, 5.41) is 10.2. The van der Waals surface area contributed by atoms with Crippen LogP contribution < -0.4 is 10.6 Å². The van der Waals surface area contributed by atoms with Gasteiger partial charge in [0, 0.05) is 50.8 Å². The van der Waals surface area contributed by atoms with Crippen molar-refractivity contribution >= 4 is 11.3 Å². The molecule has 2 rings (SSSR count). The molecule has 0 bridgehead atoms. The van der Waals surface area contributed by atoms with Crippen molar-refractivity contribution in [1.29, 1.82) is 0 Å². The van der Waals surface area contributed by atoms with Crippen LogP contribution >= 0.6 is 11.3 Å². The summed E-state index contributed by atoms with van der Waals surface area (Å²) >= 11 is 1.74. The van der Waals surface area contributed by atoms with E-state index in [1.54, 1.807) is 11.3 Å². The van der Waals surface area contributed by atoms with E-state index in [0.29, 0.717) is 6.04 Å². The maximum Gasteiger partial charge on any atom is 0.109 e. The molecule has 17 heavy (non-hydrogen) atoms. The molecule has 0 aromatic carbocycles. The molecule has 0 radical (unpaired) electrons. The zero-order chi connectivity index (χ0) is 11.9. The Morgan fingerprint density at radius 2 is 2.35 bits per heavy atom. The van der Waals surface area contributed by atoms with Gasteiger partial charge in [-0.05, 0) is 6.42 Å².